The molecule has 2 fully saturated rings. The lowest BCUT2D eigenvalue weighted by Crippen LogP contribution is -2.50. The largest absolute Gasteiger partial charge is 0.447 e. The van der Waals surface area contributed by atoms with E-state index in [2.05, 4.69) is 10.2 Å². The second-order valence-corrected chi connectivity index (χ2v) is 8.89. The van der Waals surface area contributed by atoms with Gasteiger partial charge >= 0.3 is 6.09 Å². The smallest absolute Gasteiger partial charge is 0.410 e. The highest BCUT2D eigenvalue weighted by Gasteiger charge is 2.38. The first kappa shape index (κ1) is 24.5. The van der Waals surface area contributed by atoms with Crippen LogP contribution in [-0.4, -0.2) is 59.8 Å². The Hall–Kier alpha value is -2.62. The summed E-state index contributed by atoms with van der Waals surface area (Å²) in [6, 6.07) is 3.30. The first-order valence-electron chi connectivity index (χ1n) is 11.7. The van der Waals surface area contributed by atoms with Crippen LogP contribution in [0.25, 0.3) is 0 Å². The number of halogens is 4. The molecule has 1 aliphatic heterocycles. The summed E-state index contributed by atoms with van der Waals surface area (Å²) < 4.78 is 65.7. The van der Waals surface area contributed by atoms with Crippen LogP contribution in [0.15, 0.2) is 24.4 Å². The summed E-state index contributed by atoms with van der Waals surface area (Å²) in [4.78, 5) is 14.2. The van der Waals surface area contributed by atoms with Gasteiger partial charge in [0.05, 0.1) is 18.8 Å². The lowest BCUT2D eigenvalue weighted by molar-refractivity contribution is -0.0268. The number of nitrogens with zero attached hydrogens (tertiary/aromatic N) is 2. The number of carbonyl (C=O) groups is 1. The van der Waals surface area contributed by atoms with Gasteiger partial charge in [0, 0.05) is 29.9 Å². The Morgan fingerprint density at radius 2 is 1.85 bits per heavy atom. The molecule has 10 heteroatoms. The zero-order chi connectivity index (χ0) is 24.1. The third kappa shape index (κ3) is 5.37. The molecule has 1 amide bonds. The number of alkyl halides is 1. The van der Waals surface area contributed by atoms with Crippen LogP contribution in [0, 0.1) is 17.5 Å². The molecule has 2 aromatic rings. The number of aromatic nitrogens is 2. The van der Waals surface area contributed by atoms with Gasteiger partial charge in [0.25, 0.3) is 0 Å². The molecule has 1 aliphatic carbocycles. The highest BCUT2D eigenvalue weighted by Crippen LogP contribution is 2.38. The van der Waals surface area contributed by atoms with Crippen LogP contribution in [0.5, 0.6) is 0 Å². The number of aromatic amines is 1. The molecule has 1 saturated heterocycles. The predicted molar refractivity (Wildman–Crippen MR) is 116 cm³/mol. The fourth-order valence-corrected chi connectivity index (χ4v) is 5.20. The molecule has 0 spiro atoms. The van der Waals surface area contributed by atoms with Gasteiger partial charge in [-0.05, 0) is 62.6 Å². The van der Waals surface area contributed by atoms with Crippen LogP contribution in [-0.2, 0) is 9.47 Å². The van der Waals surface area contributed by atoms with Crippen LogP contribution >= 0.6 is 0 Å². The van der Waals surface area contributed by atoms with E-state index < -0.39 is 36.1 Å². The minimum Gasteiger partial charge on any atom is -0.447 e. The first-order chi connectivity index (χ1) is 16.5. The summed E-state index contributed by atoms with van der Waals surface area (Å²) in [5, 5.41) is 6.99. The number of benzene rings is 1. The fraction of sp³-hybridized carbons (Fsp3) is 0.583. The molecule has 0 radical (unpaired) electrons. The second-order valence-electron chi connectivity index (χ2n) is 8.89. The Morgan fingerprint density at radius 1 is 1.09 bits per heavy atom. The van der Waals surface area contributed by atoms with Crippen molar-refractivity contribution in [1.29, 1.82) is 0 Å². The Bertz CT molecular complexity index is 951. The lowest BCUT2D eigenvalue weighted by Gasteiger charge is -2.41. The maximum atomic E-state index is 14.2. The van der Waals surface area contributed by atoms with E-state index in [1.54, 1.807) is 11.1 Å². The number of hydrogen-bond donors (Lipinski definition) is 1. The van der Waals surface area contributed by atoms with Crippen molar-refractivity contribution in [1.82, 2.24) is 15.1 Å². The first-order valence-corrected chi connectivity index (χ1v) is 11.7. The molecule has 2 unspecified atom stereocenters. The third-order valence-corrected chi connectivity index (χ3v) is 6.90. The van der Waals surface area contributed by atoms with E-state index in [-0.39, 0.29) is 36.8 Å². The monoisotopic (exact) mass is 483 g/mol. The number of likely N-dealkylation sites (tertiary alicyclic amines) is 1. The molecule has 1 aromatic carbocycles. The number of amides is 1. The number of hydrogen-bond acceptors (Lipinski definition) is 4. The summed E-state index contributed by atoms with van der Waals surface area (Å²) >= 11 is 0. The van der Waals surface area contributed by atoms with E-state index >= 15 is 0 Å². The summed E-state index contributed by atoms with van der Waals surface area (Å²) in [7, 11) is 0. The average Bonchev–Trinajstić information content (AvgIpc) is 3.39. The topological polar surface area (TPSA) is 67.5 Å². The van der Waals surface area contributed by atoms with Gasteiger partial charge in [0.15, 0.2) is 11.6 Å². The van der Waals surface area contributed by atoms with Gasteiger partial charge in [-0.1, -0.05) is 0 Å². The molecule has 1 aromatic heterocycles. The van der Waals surface area contributed by atoms with Crippen molar-refractivity contribution >= 4 is 6.09 Å². The van der Waals surface area contributed by atoms with E-state index in [1.165, 1.54) is 0 Å². The number of rotatable bonds is 7. The van der Waals surface area contributed by atoms with Crippen LogP contribution in [0.1, 0.15) is 61.6 Å². The van der Waals surface area contributed by atoms with Crippen molar-refractivity contribution in [2.24, 2.45) is 0 Å². The maximum Gasteiger partial charge on any atom is 0.410 e. The number of H-pyrrole nitrogens is 1. The highest BCUT2D eigenvalue weighted by atomic mass is 19.2. The minimum absolute atomic E-state index is 0.0407. The molecule has 1 N–H and O–H groups in total. The van der Waals surface area contributed by atoms with E-state index in [9.17, 15) is 22.4 Å². The lowest BCUT2D eigenvalue weighted by atomic mass is 9.82. The number of ether oxygens (including phenoxy) is 2. The molecule has 2 heterocycles. The maximum absolute atomic E-state index is 14.2. The minimum atomic E-state index is -1.11. The Labute approximate surface area is 195 Å². The Balaban J connectivity index is 1.40. The SMILES string of the molecule is O=C(OCCF)N1CCCC(c2ccn[nH]2)C1COC1CCC(c2c(F)ccc(F)c2F)CC1. The standard InChI is InChI=1S/C24H29F4N3O3/c25-10-13-33-24(32)31-12-1-2-17(20-9-11-29-30-20)21(31)14-34-16-5-3-15(4-6-16)22-18(26)7-8-19(27)23(22)28/h7-9,11,15-17,21H,1-6,10,12-14H2,(H,29,30). The highest BCUT2D eigenvalue weighted by molar-refractivity contribution is 5.68. The molecule has 186 valence electrons. The normalized spacial score (nSPS) is 25.4. The number of piperidine rings is 1. The summed E-state index contributed by atoms with van der Waals surface area (Å²) in [6.07, 6.45) is 4.59. The van der Waals surface area contributed by atoms with Crippen molar-refractivity contribution in [2.45, 2.75) is 62.5 Å². The molecule has 4 rings (SSSR count). The van der Waals surface area contributed by atoms with Crippen LogP contribution in [0.2, 0.25) is 0 Å². The van der Waals surface area contributed by atoms with Crippen molar-refractivity contribution in [3.63, 3.8) is 0 Å². The van der Waals surface area contributed by atoms with Crippen molar-refractivity contribution in [3.05, 3.63) is 53.1 Å². The molecule has 0 bridgehead atoms. The van der Waals surface area contributed by atoms with Crippen molar-refractivity contribution in [3.8, 4) is 0 Å². The van der Waals surface area contributed by atoms with E-state index in [0.29, 0.717) is 32.2 Å². The third-order valence-electron chi connectivity index (χ3n) is 6.90. The molecule has 2 aliphatic rings. The zero-order valence-corrected chi connectivity index (χ0v) is 18.8. The molecule has 34 heavy (non-hydrogen) atoms. The van der Waals surface area contributed by atoms with E-state index in [0.717, 1.165) is 30.7 Å². The zero-order valence-electron chi connectivity index (χ0n) is 18.8. The predicted octanol–water partition coefficient (Wildman–Crippen LogP) is 5.22. The van der Waals surface area contributed by atoms with Crippen molar-refractivity contribution < 1.29 is 31.8 Å². The van der Waals surface area contributed by atoms with Gasteiger partial charge in [-0.25, -0.2) is 22.4 Å². The average molecular weight is 484 g/mol. The van der Waals surface area contributed by atoms with Gasteiger partial charge in [-0.2, -0.15) is 5.10 Å². The number of nitrogens with one attached hydrogen (secondary N) is 1. The molecular formula is C24H29F4N3O3. The molecule has 1 saturated carbocycles. The van der Waals surface area contributed by atoms with Crippen molar-refractivity contribution in [2.75, 3.05) is 26.4 Å². The van der Waals surface area contributed by atoms with Gasteiger partial charge in [-0.3, -0.25) is 5.10 Å². The second kappa shape index (κ2) is 11.2. The van der Waals surface area contributed by atoms with Gasteiger partial charge in [0.2, 0.25) is 0 Å². The molecule has 6 nitrogen and oxygen atoms in total. The van der Waals surface area contributed by atoms with Gasteiger partial charge in [0.1, 0.15) is 19.1 Å². The Morgan fingerprint density at radius 3 is 2.56 bits per heavy atom. The van der Waals surface area contributed by atoms with E-state index in [1.807, 2.05) is 6.07 Å². The summed E-state index contributed by atoms with van der Waals surface area (Å²) in [5.41, 5.74) is 0.698. The van der Waals surface area contributed by atoms with Gasteiger partial charge in [-0.15, -0.1) is 0 Å². The van der Waals surface area contributed by atoms with E-state index in [4.69, 9.17) is 9.47 Å². The summed E-state index contributed by atoms with van der Waals surface area (Å²) in [5.74, 6) is -3.33. The molecular weight excluding hydrogens is 454 g/mol. The fourth-order valence-electron chi connectivity index (χ4n) is 5.20. The molecule has 2 atom stereocenters. The van der Waals surface area contributed by atoms with Crippen LogP contribution in [0.3, 0.4) is 0 Å². The van der Waals surface area contributed by atoms with Gasteiger partial charge < -0.3 is 14.4 Å². The van der Waals surface area contributed by atoms with Crippen LogP contribution < -0.4 is 0 Å². The van der Waals surface area contributed by atoms with Crippen LogP contribution in [0.4, 0.5) is 22.4 Å². The Kier molecular flexibility index (Phi) is 8.07. The number of carbonyl (C=O) groups excluding carboxylic acids is 1. The quantitative estimate of drug-likeness (QED) is 0.433. The summed E-state index contributed by atoms with van der Waals surface area (Å²) in [6.45, 7) is -0.323.